The number of hydrogen-bond acceptors (Lipinski definition) is 3. The van der Waals surface area contributed by atoms with Crippen molar-refractivity contribution < 1.29 is 9.21 Å². The van der Waals surface area contributed by atoms with Gasteiger partial charge in [-0.2, -0.15) is 0 Å². The van der Waals surface area contributed by atoms with Crippen molar-refractivity contribution in [3.8, 4) is 0 Å². The Morgan fingerprint density at radius 1 is 1.21 bits per heavy atom. The highest BCUT2D eigenvalue weighted by Gasteiger charge is 2.31. The van der Waals surface area contributed by atoms with E-state index in [0.29, 0.717) is 5.75 Å². The largest absolute Gasteiger partial charge is 0.466 e. The zero-order valence-corrected chi connectivity index (χ0v) is 11.9. The zero-order valence-electron chi connectivity index (χ0n) is 11.1. The molecule has 1 amide bonds. The summed E-state index contributed by atoms with van der Waals surface area (Å²) in [6.07, 6.45) is 1.63. The first kappa shape index (κ1) is 13.7. The number of aryl methyl sites for hydroxylation is 1. The molecule has 0 saturated carbocycles. The van der Waals surface area contributed by atoms with Gasteiger partial charge in [-0.3, -0.25) is 4.79 Å². The molecule has 1 atom stereocenters. The Morgan fingerprint density at radius 2 is 1.95 bits per heavy atom. The Bertz CT molecular complexity index is 510. The molecule has 0 radical (unpaired) electrons. The standard InChI is InChI=1S/C8H9NO2S.C7H8/c1-9-7(10)5-12-8(9)6-3-2-4-11-6;1-7-5-3-2-4-6-7/h2-4,8H,5H2,1H3;2-6H,1H3. The maximum absolute atomic E-state index is 11.1. The summed E-state index contributed by atoms with van der Waals surface area (Å²) in [6, 6.07) is 14.0. The molecule has 3 nitrogen and oxygen atoms in total. The average Bonchev–Trinajstić information content (AvgIpc) is 3.03. The molecular weight excluding hydrogens is 258 g/mol. The fraction of sp³-hybridized carbons (Fsp3) is 0.267. The van der Waals surface area contributed by atoms with Crippen LogP contribution in [0.4, 0.5) is 0 Å². The number of nitrogens with zero attached hydrogens (tertiary/aromatic N) is 1. The van der Waals surface area contributed by atoms with E-state index in [-0.39, 0.29) is 11.3 Å². The summed E-state index contributed by atoms with van der Waals surface area (Å²) in [5.41, 5.74) is 1.32. The Labute approximate surface area is 117 Å². The Hall–Kier alpha value is -1.68. The summed E-state index contributed by atoms with van der Waals surface area (Å²) in [7, 11) is 1.80. The number of carbonyl (C=O) groups excluding carboxylic acids is 1. The molecule has 0 spiro atoms. The summed E-state index contributed by atoms with van der Waals surface area (Å²) in [4.78, 5) is 12.9. The van der Waals surface area contributed by atoms with Gasteiger partial charge in [0.25, 0.3) is 0 Å². The van der Waals surface area contributed by atoms with Crippen molar-refractivity contribution in [1.82, 2.24) is 4.90 Å². The van der Waals surface area contributed by atoms with Gasteiger partial charge in [0.1, 0.15) is 11.1 Å². The van der Waals surface area contributed by atoms with E-state index in [0.717, 1.165) is 5.76 Å². The van der Waals surface area contributed by atoms with Crippen LogP contribution in [-0.4, -0.2) is 23.6 Å². The maximum atomic E-state index is 11.1. The number of furan rings is 1. The molecule has 0 aliphatic carbocycles. The van der Waals surface area contributed by atoms with E-state index in [1.54, 1.807) is 30.0 Å². The predicted molar refractivity (Wildman–Crippen MR) is 77.9 cm³/mol. The number of amides is 1. The van der Waals surface area contributed by atoms with Gasteiger partial charge in [-0.25, -0.2) is 0 Å². The second kappa shape index (κ2) is 6.48. The molecule has 0 bridgehead atoms. The normalized spacial score (nSPS) is 18.1. The van der Waals surface area contributed by atoms with Crippen molar-refractivity contribution >= 4 is 17.7 Å². The molecule has 1 aliphatic heterocycles. The van der Waals surface area contributed by atoms with E-state index in [2.05, 4.69) is 19.1 Å². The minimum atomic E-state index is 0.0764. The second-order valence-electron chi connectivity index (χ2n) is 4.34. The lowest BCUT2D eigenvalue weighted by Crippen LogP contribution is -2.22. The van der Waals surface area contributed by atoms with E-state index in [1.807, 2.05) is 30.3 Å². The van der Waals surface area contributed by atoms with E-state index >= 15 is 0 Å². The first-order valence-corrected chi connectivity index (χ1v) is 7.15. The Morgan fingerprint density at radius 3 is 2.37 bits per heavy atom. The summed E-state index contributed by atoms with van der Waals surface area (Å²) in [6.45, 7) is 2.08. The molecule has 0 N–H and O–H groups in total. The molecule has 1 saturated heterocycles. The molecule has 4 heteroatoms. The minimum absolute atomic E-state index is 0.0764. The van der Waals surface area contributed by atoms with Gasteiger partial charge >= 0.3 is 0 Å². The van der Waals surface area contributed by atoms with Crippen molar-refractivity contribution in [1.29, 1.82) is 0 Å². The van der Waals surface area contributed by atoms with Crippen LogP contribution < -0.4 is 0 Å². The van der Waals surface area contributed by atoms with Crippen molar-refractivity contribution in [3.63, 3.8) is 0 Å². The van der Waals surface area contributed by atoms with Gasteiger partial charge in [-0.05, 0) is 19.1 Å². The number of carbonyl (C=O) groups is 1. The van der Waals surface area contributed by atoms with E-state index in [4.69, 9.17) is 4.42 Å². The average molecular weight is 275 g/mol. The number of thioether (sulfide) groups is 1. The third-order valence-corrected chi connectivity index (χ3v) is 4.11. The maximum Gasteiger partial charge on any atom is 0.233 e. The van der Waals surface area contributed by atoms with E-state index < -0.39 is 0 Å². The minimum Gasteiger partial charge on any atom is -0.466 e. The molecule has 1 aliphatic rings. The zero-order chi connectivity index (χ0) is 13.7. The summed E-state index contributed by atoms with van der Waals surface area (Å²) in [5.74, 6) is 1.58. The first-order chi connectivity index (χ1) is 9.18. The fourth-order valence-electron chi connectivity index (χ4n) is 1.73. The lowest BCUT2D eigenvalue weighted by atomic mass is 10.2. The van der Waals surface area contributed by atoms with E-state index in [1.165, 1.54) is 5.56 Å². The number of hydrogen-bond donors (Lipinski definition) is 0. The van der Waals surface area contributed by atoms with Crippen LogP contribution in [0.3, 0.4) is 0 Å². The van der Waals surface area contributed by atoms with Gasteiger partial charge in [0.15, 0.2) is 0 Å². The molecule has 2 heterocycles. The number of rotatable bonds is 1. The second-order valence-corrected chi connectivity index (χ2v) is 5.41. The molecule has 1 aromatic carbocycles. The molecule has 1 unspecified atom stereocenters. The smallest absolute Gasteiger partial charge is 0.233 e. The summed E-state index contributed by atoms with van der Waals surface area (Å²) >= 11 is 1.60. The van der Waals surface area contributed by atoms with Crippen LogP contribution in [0.25, 0.3) is 0 Å². The van der Waals surface area contributed by atoms with Gasteiger partial charge in [-0.15, -0.1) is 11.8 Å². The van der Waals surface area contributed by atoms with Crippen LogP contribution >= 0.6 is 11.8 Å². The quantitative estimate of drug-likeness (QED) is 0.799. The third kappa shape index (κ3) is 3.64. The molecule has 2 aromatic rings. The predicted octanol–water partition coefficient (Wildman–Crippen LogP) is 3.48. The van der Waals surface area contributed by atoms with Gasteiger partial charge in [0, 0.05) is 7.05 Å². The third-order valence-electron chi connectivity index (χ3n) is 2.84. The van der Waals surface area contributed by atoms with Crippen LogP contribution in [0.15, 0.2) is 53.1 Å². The van der Waals surface area contributed by atoms with Crippen molar-refractivity contribution in [2.45, 2.75) is 12.3 Å². The van der Waals surface area contributed by atoms with Gasteiger partial charge in [0.05, 0.1) is 12.0 Å². The first-order valence-electron chi connectivity index (χ1n) is 6.11. The van der Waals surface area contributed by atoms with Gasteiger partial charge in [-0.1, -0.05) is 35.9 Å². The molecular formula is C15H17NO2S. The van der Waals surface area contributed by atoms with Crippen molar-refractivity contribution in [2.75, 3.05) is 12.8 Å². The topological polar surface area (TPSA) is 33.5 Å². The highest BCUT2D eigenvalue weighted by Crippen LogP contribution is 2.37. The lowest BCUT2D eigenvalue weighted by molar-refractivity contribution is -0.126. The lowest BCUT2D eigenvalue weighted by Gasteiger charge is -2.15. The van der Waals surface area contributed by atoms with Crippen LogP contribution in [0, 0.1) is 6.92 Å². The van der Waals surface area contributed by atoms with Gasteiger partial charge < -0.3 is 9.32 Å². The molecule has 19 heavy (non-hydrogen) atoms. The van der Waals surface area contributed by atoms with Crippen LogP contribution in [0.1, 0.15) is 16.7 Å². The SMILES string of the molecule is CN1C(=O)CSC1c1ccco1.Cc1ccccc1. The van der Waals surface area contributed by atoms with Gasteiger partial charge in [0.2, 0.25) is 5.91 Å². The summed E-state index contributed by atoms with van der Waals surface area (Å²) < 4.78 is 5.22. The highest BCUT2D eigenvalue weighted by atomic mass is 32.2. The van der Waals surface area contributed by atoms with Crippen LogP contribution in [0.2, 0.25) is 0 Å². The fourth-order valence-corrected chi connectivity index (χ4v) is 2.88. The molecule has 1 aromatic heterocycles. The molecule has 100 valence electrons. The summed E-state index contributed by atoms with van der Waals surface area (Å²) in [5, 5.41) is 0.0764. The monoisotopic (exact) mass is 275 g/mol. The van der Waals surface area contributed by atoms with Crippen molar-refractivity contribution in [2.24, 2.45) is 0 Å². The van der Waals surface area contributed by atoms with Crippen LogP contribution in [0.5, 0.6) is 0 Å². The number of benzene rings is 1. The van der Waals surface area contributed by atoms with Crippen molar-refractivity contribution in [3.05, 3.63) is 60.1 Å². The molecule has 1 fully saturated rings. The molecule has 3 rings (SSSR count). The Kier molecular flexibility index (Phi) is 4.68. The van der Waals surface area contributed by atoms with Crippen LogP contribution in [-0.2, 0) is 4.79 Å². The Balaban J connectivity index is 0.000000163. The highest BCUT2D eigenvalue weighted by molar-refractivity contribution is 8.00. The van der Waals surface area contributed by atoms with E-state index in [9.17, 15) is 4.79 Å².